The molecule has 0 radical (unpaired) electrons. The van der Waals surface area contributed by atoms with Gasteiger partial charge in [-0.25, -0.2) is 0 Å². The summed E-state index contributed by atoms with van der Waals surface area (Å²) in [6, 6.07) is 42.8. The zero-order valence-corrected chi connectivity index (χ0v) is 30.1. The number of hydrogen-bond acceptors (Lipinski definition) is 8. The van der Waals surface area contributed by atoms with Gasteiger partial charge in [-0.1, -0.05) is 86.6 Å². The molecule has 0 unspecified atom stereocenters. The molecule has 0 bridgehead atoms. The number of halogens is 2. The number of rotatable bonds is 12. The summed E-state index contributed by atoms with van der Waals surface area (Å²) in [4.78, 5) is 40.3. The molecule has 0 heterocycles. The molecule has 4 aromatic rings. The van der Waals surface area contributed by atoms with Crippen LogP contribution in [0.4, 0.5) is 0 Å². The van der Waals surface area contributed by atoms with Crippen LogP contribution in [0.3, 0.4) is 0 Å². The minimum atomic E-state index is -1.40. The Morgan fingerprint density at radius 3 is 0.913 bits per heavy atom. The highest BCUT2D eigenvalue weighted by atomic mass is 127. The van der Waals surface area contributed by atoms with Gasteiger partial charge in [0.1, 0.15) is 0 Å². The minimum Gasteiger partial charge on any atom is -0.550 e. The second-order valence-corrected chi connectivity index (χ2v) is 15.0. The van der Waals surface area contributed by atoms with Gasteiger partial charge in [-0.15, -0.1) is 0 Å². The fraction of sp³-hybridized carbons (Fsp3) is 0.222. The number of carbonyl (C=O) groups is 4. The van der Waals surface area contributed by atoms with Crippen molar-refractivity contribution in [3.8, 4) is 0 Å². The van der Waals surface area contributed by atoms with Gasteiger partial charge in [-0.05, 0) is 61.4 Å². The number of esters is 2. The van der Waals surface area contributed by atoms with E-state index in [0.29, 0.717) is 12.8 Å². The average Bonchev–Trinajstić information content (AvgIpc) is 3.05. The smallest absolute Gasteiger partial charge is 0.357 e. The Hall–Kier alpha value is -3.78. The third-order valence-electron chi connectivity index (χ3n) is 4.88. The minimum absolute atomic E-state index is 0.0287. The Balaban J connectivity index is 0.000000310. The topological polar surface area (TPSA) is 133 Å². The van der Waals surface area contributed by atoms with Crippen molar-refractivity contribution in [1.29, 1.82) is 0 Å². The molecule has 0 aliphatic heterocycles. The van der Waals surface area contributed by atoms with E-state index in [1.807, 2.05) is 13.8 Å². The number of carboxylic acids is 2. The van der Waals surface area contributed by atoms with Gasteiger partial charge in [0.15, 0.2) is 14.3 Å². The van der Waals surface area contributed by atoms with E-state index in [0.717, 1.165) is 0 Å². The van der Waals surface area contributed by atoms with Crippen LogP contribution in [0.2, 0.25) is 0 Å². The number of hydrogen-bond donors (Lipinski definition) is 0. The van der Waals surface area contributed by atoms with Crippen LogP contribution in [0.1, 0.15) is 39.5 Å². The molecule has 0 amide bonds. The first-order valence-electron chi connectivity index (χ1n) is 14.4. The van der Waals surface area contributed by atoms with Crippen LogP contribution in [-0.4, -0.2) is 37.1 Å². The van der Waals surface area contributed by atoms with Crippen molar-refractivity contribution >= 4 is 23.9 Å². The van der Waals surface area contributed by atoms with E-state index in [4.69, 9.17) is 0 Å². The highest BCUT2D eigenvalue weighted by molar-refractivity contribution is 5.89. The largest absolute Gasteiger partial charge is 0.550 e. The summed E-state index contributed by atoms with van der Waals surface area (Å²) < 4.78 is 14.8. The molecule has 10 heteroatoms. The van der Waals surface area contributed by atoms with E-state index in [9.17, 15) is 29.4 Å². The molecule has 0 N–H and O–H groups in total. The quantitative estimate of drug-likeness (QED) is 0.0892. The van der Waals surface area contributed by atoms with Crippen LogP contribution in [0.25, 0.3) is 0 Å². The lowest BCUT2D eigenvalue weighted by molar-refractivity contribution is -0.597. The van der Waals surface area contributed by atoms with E-state index in [1.54, 1.807) is 0 Å². The summed E-state index contributed by atoms with van der Waals surface area (Å²) in [6.07, 6.45) is 0.0809. The number of aliphatic carboxylic acids is 2. The first kappa shape index (κ1) is 40.2. The molecule has 0 atom stereocenters. The lowest BCUT2D eigenvalue weighted by Crippen LogP contribution is -3.61. The van der Waals surface area contributed by atoms with Gasteiger partial charge in [-0.3, -0.25) is 9.59 Å². The number of ether oxygens (including phenoxy) is 2. The third kappa shape index (κ3) is 22.7. The second-order valence-electron chi connectivity index (χ2n) is 8.91. The van der Waals surface area contributed by atoms with Crippen LogP contribution >= 0.6 is 0 Å². The average molecular weight is 853 g/mol. The van der Waals surface area contributed by atoms with Crippen molar-refractivity contribution in [1.82, 2.24) is 0 Å². The van der Waals surface area contributed by atoms with Gasteiger partial charge >= 0.3 is 54.3 Å². The van der Waals surface area contributed by atoms with E-state index in [2.05, 4.69) is 131 Å². The molecule has 244 valence electrons. The summed E-state index contributed by atoms with van der Waals surface area (Å²) in [7, 11) is 0. The Bertz CT molecular complexity index is 1200. The van der Waals surface area contributed by atoms with Crippen LogP contribution in [0, 0.1) is 14.3 Å². The Morgan fingerprint density at radius 2 is 0.717 bits per heavy atom. The molecule has 4 aromatic carbocycles. The molecule has 0 aromatic heterocycles. The fourth-order valence-electron chi connectivity index (χ4n) is 2.93. The summed E-state index contributed by atoms with van der Waals surface area (Å²) in [5.41, 5.74) is 0. The monoisotopic (exact) mass is 852 g/mol. The summed E-state index contributed by atoms with van der Waals surface area (Å²) >= 11 is 0.0574. The standard InChI is InChI=1S/2C12H10I.2C6H10O4/c2*1-3-7-11(8-4-1)13-12-9-5-2-6-10-12;2*1-2-3-10-6(9)4-5(7)8/h2*1-10H;2*2-4H2,1H3,(H,7,8)/q2*+1;;/p-2. The zero-order chi connectivity index (χ0) is 33.8. The first-order chi connectivity index (χ1) is 22.2. The maximum absolute atomic E-state index is 10.4. The lowest BCUT2D eigenvalue weighted by atomic mass is 10.4. The molecule has 0 aliphatic carbocycles. The molecular formula is C36H38I2O8. The second kappa shape index (κ2) is 26.4. The Morgan fingerprint density at radius 1 is 0.478 bits per heavy atom. The highest BCUT2D eigenvalue weighted by Gasteiger charge is 2.13. The van der Waals surface area contributed by atoms with E-state index in [1.165, 1.54) is 14.3 Å². The predicted octanol–water partition coefficient (Wildman–Crippen LogP) is -2.21. The van der Waals surface area contributed by atoms with Crippen LogP contribution in [0.15, 0.2) is 121 Å². The molecule has 0 saturated heterocycles. The summed E-state index contributed by atoms with van der Waals surface area (Å²) in [6.45, 7) is 4.19. The Kier molecular flexibility index (Phi) is 23.1. The van der Waals surface area contributed by atoms with Crippen molar-refractivity contribution in [2.75, 3.05) is 13.2 Å². The van der Waals surface area contributed by atoms with Crippen LogP contribution < -0.4 is 52.6 Å². The van der Waals surface area contributed by atoms with Gasteiger partial charge in [-0.2, -0.15) is 0 Å². The van der Waals surface area contributed by atoms with Crippen LogP contribution in [-0.2, 0) is 28.7 Å². The number of carbonyl (C=O) groups excluding carboxylic acids is 4. The number of carboxylic acid groups (broad SMARTS) is 2. The fourth-order valence-corrected chi connectivity index (χ4v) is 7.47. The summed E-state index contributed by atoms with van der Waals surface area (Å²) in [5, 5.41) is 19.5. The molecule has 0 fully saturated rings. The van der Waals surface area contributed by atoms with Gasteiger partial charge in [0.25, 0.3) is 0 Å². The highest BCUT2D eigenvalue weighted by Crippen LogP contribution is 1.88. The third-order valence-corrected chi connectivity index (χ3v) is 10.2. The van der Waals surface area contributed by atoms with Crippen LogP contribution in [0.5, 0.6) is 0 Å². The van der Waals surface area contributed by atoms with Crippen molar-refractivity contribution in [3.63, 3.8) is 0 Å². The van der Waals surface area contributed by atoms with E-state index in [-0.39, 0.29) is 55.6 Å². The maximum Gasteiger partial charge on any atom is 0.357 e. The molecule has 8 nitrogen and oxygen atoms in total. The van der Waals surface area contributed by atoms with Gasteiger partial charge in [0.05, 0.1) is 38.0 Å². The zero-order valence-electron chi connectivity index (χ0n) is 25.8. The lowest BCUT2D eigenvalue weighted by Gasteiger charge is -2.02. The Labute approximate surface area is 291 Å². The molecule has 46 heavy (non-hydrogen) atoms. The molecule has 0 spiro atoms. The molecular weight excluding hydrogens is 814 g/mol. The maximum atomic E-state index is 10.4. The van der Waals surface area contributed by atoms with Crippen molar-refractivity contribution < 1.29 is 81.3 Å². The predicted molar refractivity (Wildman–Crippen MR) is 162 cm³/mol. The van der Waals surface area contributed by atoms with E-state index >= 15 is 0 Å². The number of benzene rings is 4. The van der Waals surface area contributed by atoms with Gasteiger partial charge < -0.3 is 29.3 Å². The normalized spacial score (nSPS) is 9.43. The van der Waals surface area contributed by atoms with Crippen molar-refractivity contribution in [2.24, 2.45) is 0 Å². The van der Waals surface area contributed by atoms with E-state index < -0.39 is 36.7 Å². The van der Waals surface area contributed by atoms with Crippen molar-refractivity contribution in [3.05, 3.63) is 136 Å². The van der Waals surface area contributed by atoms with Crippen molar-refractivity contribution in [2.45, 2.75) is 39.5 Å². The summed E-state index contributed by atoms with van der Waals surface area (Å²) in [5.74, 6) is -4.27. The van der Waals surface area contributed by atoms with Gasteiger partial charge in [0, 0.05) is 0 Å². The SMILES string of the molecule is CCCOC(=O)CC(=O)[O-].CCCOC(=O)CC(=O)[O-].c1ccc([I+]c2ccccc2)cc1.c1ccc([I+]c2ccccc2)cc1. The van der Waals surface area contributed by atoms with Gasteiger partial charge in [0.2, 0.25) is 0 Å². The molecule has 0 saturated carbocycles. The molecule has 4 rings (SSSR count). The first-order valence-corrected chi connectivity index (χ1v) is 18.8. The molecule has 0 aliphatic rings.